The van der Waals surface area contributed by atoms with Crippen LogP contribution in [0.5, 0.6) is 0 Å². The average molecular weight is 475 g/mol. The average Bonchev–Trinajstić information content (AvgIpc) is 3.02. The highest BCUT2D eigenvalue weighted by atomic mass is 79.9. The summed E-state index contributed by atoms with van der Waals surface area (Å²) in [7, 11) is 0. The van der Waals surface area contributed by atoms with E-state index in [4.69, 9.17) is 0 Å². The number of carbonyl (C=O) groups is 1. The molecule has 1 N–H and O–H groups in total. The zero-order chi connectivity index (χ0) is 20.7. The van der Waals surface area contributed by atoms with Gasteiger partial charge in [0, 0.05) is 38.1 Å². The van der Waals surface area contributed by atoms with Crippen molar-refractivity contribution in [3.63, 3.8) is 0 Å². The fourth-order valence-corrected chi connectivity index (χ4v) is 5.05. The molecule has 0 atom stereocenters. The van der Waals surface area contributed by atoms with Crippen LogP contribution in [0, 0.1) is 6.92 Å². The highest BCUT2D eigenvalue weighted by Crippen LogP contribution is 2.40. The van der Waals surface area contributed by atoms with E-state index < -0.39 is 0 Å². The van der Waals surface area contributed by atoms with E-state index in [0.717, 1.165) is 38.2 Å². The van der Waals surface area contributed by atoms with Gasteiger partial charge in [-0.25, -0.2) is 0 Å². The Hall–Kier alpha value is -2.76. The van der Waals surface area contributed by atoms with E-state index >= 15 is 0 Å². The van der Waals surface area contributed by atoms with Gasteiger partial charge in [-0.3, -0.25) is 4.79 Å². The second-order valence-corrected chi connectivity index (χ2v) is 9.29. The van der Waals surface area contributed by atoms with Gasteiger partial charge in [-0.2, -0.15) is 0 Å². The lowest BCUT2D eigenvalue weighted by Gasteiger charge is -2.18. The van der Waals surface area contributed by atoms with Crippen molar-refractivity contribution in [1.82, 2.24) is 4.57 Å². The number of aromatic nitrogens is 1. The Morgan fingerprint density at radius 2 is 1.73 bits per heavy atom. The molecule has 3 aromatic carbocycles. The van der Waals surface area contributed by atoms with Gasteiger partial charge in [0.05, 0.1) is 10.6 Å². The molecule has 0 fully saturated rings. The summed E-state index contributed by atoms with van der Waals surface area (Å²) in [5.74, 6) is -0.0529. The van der Waals surface area contributed by atoms with Crippen LogP contribution in [0.3, 0.4) is 0 Å². The summed E-state index contributed by atoms with van der Waals surface area (Å²) >= 11 is 5.03. The summed E-state index contributed by atoms with van der Waals surface area (Å²) in [5.41, 5.74) is 5.53. The number of fused-ring (bicyclic) bond motifs is 2. The number of anilines is 1. The van der Waals surface area contributed by atoms with Gasteiger partial charge >= 0.3 is 0 Å². The summed E-state index contributed by atoms with van der Waals surface area (Å²) in [4.78, 5) is 14.5. The lowest BCUT2D eigenvalue weighted by atomic mass is 10.1. The lowest BCUT2D eigenvalue weighted by Crippen LogP contribution is -2.17. The van der Waals surface area contributed by atoms with Crippen LogP contribution in [0.25, 0.3) is 17.0 Å². The molecular formula is C25H19BrN2OS. The number of amides is 1. The van der Waals surface area contributed by atoms with Crippen LogP contribution in [0.4, 0.5) is 5.69 Å². The fourth-order valence-electron chi connectivity index (χ4n) is 3.85. The second kappa shape index (κ2) is 7.82. The molecule has 0 saturated heterocycles. The number of nitrogens with zero attached hydrogens (tertiary/aromatic N) is 1. The third kappa shape index (κ3) is 3.48. The molecule has 3 nitrogen and oxygen atoms in total. The summed E-state index contributed by atoms with van der Waals surface area (Å²) in [5, 5.41) is 4.17. The third-order valence-corrected chi connectivity index (χ3v) is 7.02. The van der Waals surface area contributed by atoms with Gasteiger partial charge in [0.2, 0.25) is 0 Å². The maximum absolute atomic E-state index is 12.7. The van der Waals surface area contributed by atoms with E-state index in [9.17, 15) is 4.79 Å². The van der Waals surface area contributed by atoms with E-state index in [-0.39, 0.29) is 5.91 Å². The molecule has 2 heterocycles. The van der Waals surface area contributed by atoms with Crippen molar-refractivity contribution in [1.29, 1.82) is 0 Å². The van der Waals surface area contributed by atoms with Crippen LogP contribution < -0.4 is 5.32 Å². The molecule has 1 aromatic heterocycles. The Morgan fingerprint density at radius 3 is 2.57 bits per heavy atom. The molecule has 5 heteroatoms. The largest absolute Gasteiger partial charge is 0.340 e. The second-order valence-electron chi connectivity index (χ2n) is 7.29. The van der Waals surface area contributed by atoms with E-state index in [0.29, 0.717) is 4.91 Å². The normalized spacial score (nSPS) is 14.7. The Balaban J connectivity index is 1.60. The topological polar surface area (TPSA) is 34.0 Å². The van der Waals surface area contributed by atoms with E-state index in [1.165, 1.54) is 22.8 Å². The van der Waals surface area contributed by atoms with Crippen LogP contribution >= 0.6 is 27.7 Å². The molecule has 0 aliphatic carbocycles. The molecule has 148 valence electrons. The molecule has 0 saturated carbocycles. The number of hydrogen-bond donors (Lipinski definition) is 1. The summed E-state index contributed by atoms with van der Waals surface area (Å²) in [6.45, 7) is 2.91. The molecule has 1 aliphatic rings. The zero-order valence-corrected chi connectivity index (χ0v) is 18.8. The van der Waals surface area contributed by atoms with Gasteiger partial charge in [0.1, 0.15) is 0 Å². The number of benzene rings is 3. The van der Waals surface area contributed by atoms with Gasteiger partial charge < -0.3 is 9.88 Å². The summed E-state index contributed by atoms with van der Waals surface area (Å²) in [6.07, 6.45) is 2.03. The maximum atomic E-state index is 12.7. The minimum Gasteiger partial charge on any atom is -0.340 e. The number of para-hydroxylation sites is 2. The van der Waals surface area contributed by atoms with Crippen molar-refractivity contribution < 1.29 is 4.79 Å². The molecule has 1 amide bonds. The van der Waals surface area contributed by atoms with E-state index in [2.05, 4.69) is 81.3 Å². The number of carbonyl (C=O) groups excluding carboxylic acids is 1. The van der Waals surface area contributed by atoms with Gasteiger partial charge in [0.15, 0.2) is 0 Å². The van der Waals surface area contributed by atoms with Crippen molar-refractivity contribution in [2.75, 3.05) is 5.32 Å². The molecule has 30 heavy (non-hydrogen) atoms. The molecule has 5 rings (SSSR count). The van der Waals surface area contributed by atoms with Crippen molar-refractivity contribution in [2.24, 2.45) is 0 Å². The van der Waals surface area contributed by atoms with E-state index in [1.54, 1.807) is 0 Å². The standard InChI is InChI=1S/C25H19BrN2OS/c1-16-20(14-24-25(29)27-21-7-3-5-9-23(21)30-24)19-6-2-4-8-22(19)28(16)15-17-10-12-18(26)13-11-17/h2-14H,15H2,1H3,(H,27,29)/b24-14-. The van der Waals surface area contributed by atoms with Crippen LogP contribution in [-0.4, -0.2) is 10.5 Å². The number of thioether (sulfide) groups is 1. The highest BCUT2D eigenvalue weighted by molar-refractivity contribution is 9.10. The Bertz CT molecular complexity index is 1300. The predicted octanol–water partition coefficient (Wildman–Crippen LogP) is 6.85. The SMILES string of the molecule is Cc1c(/C=C2\Sc3ccccc3NC2=O)c2ccccc2n1Cc1ccc(Br)cc1. The molecule has 4 aromatic rings. The number of rotatable bonds is 3. The zero-order valence-electron chi connectivity index (χ0n) is 16.4. The Kier molecular flexibility index (Phi) is 5.01. The minimum absolute atomic E-state index is 0.0529. The van der Waals surface area contributed by atoms with Crippen LogP contribution in [0.2, 0.25) is 0 Å². The molecule has 0 bridgehead atoms. The van der Waals surface area contributed by atoms with Crippen LogP contribution in [-0.2, 0) is 11.3 Å². The number of halogens is 1. The fraction of sp³-hybridized carbons (Fsp3) is 0.0800. The minimum atomic E-state index is -0.0529. The smallest absolute Gasteiger partial charge is 0.262 e. The summed E-state index contributed by atoms with van der Waals surface area (Å²) < 4.78 is 3.40. The molecule has 0 unspecified atom stereocenters. The van der Waals surface area contributed by atoms with Gasteiger partial charge in [-0.1, -0.05) is 70.2 Å². The van der Waals surface area contributed by atoms with Gasteiger partial charge in [-0.15, -0.1) is 0 Å². The van der Waals surface area contributed by atoms with Crippen molar-refractivity contribution >= 4 is 56.3 Å². The first-order valence-corrected chi connectivity index (χ1v) is 11.3. The first-order valence-electron chi connectivity index (χ1n) is 9.72. The number of nitrogens with one attached hydrogen (secondary N) is 1. The molecule has 0 spiro atoms. The van der Waals surface area contributed by atoms with Crippen molar-refractivity contribution in [3.8, 4) is 0 Å². The maximum Gasteiger partial charge on any atom is 0.262 e. The molecular weight excluding hydrogens is 456 g/mol. The molecule has 1 aliphatic heterocycles. The third-order valence-electron chi connectivity index (χ3n) is 5.39. The first kappa shape index (κ1) is 19.2. The lowest BCUT2D eigenvalue weighted by molar-refractivity contribution is -0.112. The highest BCUT2D eigenvalue weighted by Gasteiger charge is 2.22. The first-order chi connectivity index (χ1) is 14.6. The number of hydrogen-bond acceptors (Lipinski definition) is 2. The Morgan fingerprint density at radius 1 is 1.00 bits per heavy atom. The van der Waals surface area contributed by atoms with Crippen molar-refractivity contribution in [3.05, 3.63) is 99.0 Å². The van der Waals surface area contributed by atoms with Gasteiger partial charge in [-0.05, 0) is 48.9 Å². The van der Waals surface area contributed by atoms with Gasteiger partial charge in [0.25, 0.3) is 5.91 Å². The van der Waals surface area contributed by atoms with Crippen LogP contribution in [0.1, 0.15) is 16.8 Å². The van der Waals surface area contributed by atoms with Crippen molar-refractivity contribution in [2.45, 2.75) is 18.4 Å². The summed E-state index contributed by atoms with van der Waals surface area (Å²) in [6, 6.07) is 24.7. The van der Waals surface area contributed by atoms with E-state index in [1.807, 2.05) is 30.3 Å². The monoisotopic (exact) mass is 474 g/mol. The quantitative estimate of drug-likeness (QED) is 0.329. The predicted molar refractivity (Wildman–Crippen MR) is 129 cm³/mol. The van der Waals surface area contributed by atoms with Crippen LogP contribution in [0.15, 0.2) is 87.1 Å². The Labute approximate surface area is 187 Å². The molecule has 0 radical (unpaired) electrons.